The van der Waals surface area contributed by atoms with E-state index in [0.29, 0.717) is 0 Å². The summed E-state index contributed by atoms with van der Waals surface area (Å²) in [6, 6.07) is 0. The maximum absolute atomic E-state index is 10.1. The van der Waals surface area contributed by atoms with Crippen molar-refractivity contribution in [3.8, 4) is 0 Å². The van der Waals surface area contributed by atoms with Gasteiger partial charge in [0.15, 0.2) is 0 Å². The van der Waals surface area contributed by atoms with E-state index in [1.165, 1.54) is 0 Å². The number of ether oxygens (including phenoxy) is 1. The van der Waals surface area contributed by atoms with Gasteiger partial charge in [-0.1, -0.05) is 0 Å². The number of aliphatic hydroxyl groups is 1. The first kappa shape index (κ1) is 8.68. The minimum atomic E-state index is -0.448. The first-order chi connectivity index (χ1) is 5.34. The van der Waals surface area contributed by atoms with Crippen LogP contribution in [0.1, 0.15) is 19.3 Å². The summed E-state index contributed by atoms with van der Waals surface area (Å²) in [5.74, 6) is 0.272. The van der Waals surface area contributed by atoms with Gasteiger partial charge < -0.3 is 14.6 Å². The molecule has 1 aliphatic heterocycles. The largest absolute Gasteiger partial charge is 0.392 e. The van der Waals surface area contributed by atoms with E-state index in [9.17, 15) is 9.90 Å². The van der Waals surface area contributed by atoms with Gasteiger partial charge in [0.25, 0.3) is 0 Å². The lowest BCUT2D eigenvalue weighted by Crippen LogP contribution is -2.27. The number of hydrogen-bond acceptors (Lipinski definition) is 3. The first-order valence-electron chi connectivity index (χ1n) is 4.04. The van der Waals surface area contributed by atoms with Crippen molar-refractivity contribution in [2.45, 2.75) is 25.4 Å². The Morgan fingerprint density at radius 1 is 1.55 bits per heavy atom. The highest BCUT2D eigenvalue weighted by Crippen LogP contribution is 2.19. The van der Waals surface area contributed by atoms with E-state index in [4.69, 9.17) is 4.74 Å². The third-order valence-corrected chi connectivity index (χ3v) is 2.15. The van der Waals surface area contributed by atoms with Crippen LogP contribution in [0.4, 0.5) is 0 Å². The highest BCUT2D eigenvalue weighted by molar-refractivity contribution is 5.50. The number of aldehydes is 1. The van der Waals surface area contributed by atoms with Gasteiger partial charge in [0.1, 0.15) is 6.29 Å². The Kier molecular flexibility index (Phi) is 3.52. The predicted molar refractivity (Wildman–Crippen MR) is 40.2 cm³/mol. The van der Waals surface area contributed by atoms with Crippen LogP contribution in [0.15, 0.2) is 0 Å². The Bertz CT molecular complexity index is 119. The van der Waals surface area contributed by atoms with Crippen LogP contribution in [-0.2, 0) is 9.53 Å². The van der Waals surface area contributed by atoms with Gasteiger partial charge in [-0.2, -0.15) is 0 Å². The molecule has 0 aliphatic carbocycles. The lowest BCUT2D eigenvalue weighted by Gasteiger charge is -2.25. The predicted octanol–water partition coefficient (Wildman–Crippen LogP) is 0.363. The number of aliphatic hydroxyl groups excluding tert-OH is 1. The van der Waals surface area contributed by atoms with Crippen molar-refractivity contribution in [1.29, 1.82) is 0 Å². The smallest absolute Gasteiger partial charge is 0.122 e. The Morgan fingerprint density at radius 3 is 2.73 bits per heavy atom. The molecule has 64 valence electrons. The third kappa shape index (κ3) is 2.60. The van der Waals surface area contributed by atoms with Crippen molar-refractivity contribution in [1.82, 2.24) is 0 Å². The summed E-state index contributed by atoms with van der Waals surface area (Å²) in [4.78, 5) is 10.1. The normalized spacial score (nSPS) is 23.0. The summed E-state index contributed by atoms with van der Waals surface area (Å²) in [7, 11) is 0. The molecule has 11 heavy (non-hydrogen) atoms. The van der Waals surface area contributed by atoms with E-state index >= 15 is 0 Å². The van der Waals surface area contributed by atoms with Crippen molar-refractivity contribution in [2.75, 3.05) is 13.2 Å². The van der Waals surface area contributed by atoms with Gasteiger partial charge in [0, 0.05) is 19.6 Å². The molecule has 0 bridgehead atoms. The molecule has 0 aromatic heterocycles. The van der Waals surface area contributed by atoms with Crippen molar-refractivity contribution < 1.29 is 14.6 Å². The van der Waals surface area contributed by atoms with Gasteiger partial charge in [0.2, 0.25) is 0 Å². The zero-order valence-electron chi connectivity index (χ0n) is 6.53. The Morgan fingerprint density at radius 2 is 2.18 bits per heavy atom. The number of rotatable bonds is 3. The van der Waals surface area contributed by atoms with Crippen LogP contribution < -0.4 is 0 Å². The molecular weight excluding hydrogens is 144 g/mol. The maximum Gasteiger partial charge on any atom is 0.122 e. The molecule has 1 rings (SSSR count). The minimum Gasteiger partial charge on any atom is -0.392 e. The van der Waals surface area contributed by atoms with E-state index in [-0.39, 0.29) is 12.3 Å². The molecule has 0 amide bonds. The van der Waals surface area contributed by atoms with E-state index in [1.807, 2.05) is 0 Å². The summed E-state index contributed by atoms with van der Waals surface area (Å²) < 4.78 is 5.13. The first-order valence-corrected chi connectivity index (χ1v) is 4.04. The van der Waals surface area contributed by atoms with Crippen molar-refractivity contribution in [3.05, 3.63) is 0 Å². The van der Waals surface area contributed by atoms with Gasteiger partial charge in [-0.3, -0.25) is 0 Å². The second kappa shape index (κ2) is 4.46. The van der Waals surface area contributed by atoms with Gasteiger partial charge in [-0.25, -0.2) is 0 Å². The summed E-state index contributed by atoms with van der Waals surface area (Å²) in [5, 5.41) is 9.39. The Labute approximate surface area is 66.4 Å². The number of carbonyl (C=O) groups excluding carboxylic acids is 1. The second-order valence-electron chi connectivity index (χ2n) is 2.92. The van der Waals surface area contributed by atoms with Crippen LogP contribution in [0, 0.1) is 5.92 Å². The van der Waals surface area contributed by atoms with Crippen LogP contribution in [-0.4, -0.2) is 30.7 Å². The standard InChI is InChI=1S/C8H14O3/c9-4-1-8(10)7-2-5-11-6-3-7/h4,7-8,10H,1-3,5-6H2. The molecule has 3 nitrogen and oxygen atoms in total. The Balaban J connectivity index is 2.26. The fraction of sp³-hybridized carbons (Fsp3) is 0.875. The average molecular weight is 158 g/mol. The molecule has 1 N–H and O–H groups in total. The van der Waals surface area contributed by atoms with Crippen molar-refractivity contribution >= 4 is 6.29 Å². The van der Waals surface area contributed by atoms with Gasteiger partial charge in [-0.15, -0.1) is 0 Å². The summed E-state index contributed by atoms with van der Waals surface area (Å²) in [6.07, 6.45) is 2.37. The second-order valence-corrected chi connectivity index (χ2v) is 2.92. The van der Waals surface area contributed by atoms with Crippen molar-refractivity contribution in [2.24, 2.45) is 5.92 Å². The lowest BCUT2D eigenvalue weighted by atomic mass is 9.92. The van der Waals surface area contributed by atoms with Gasteiger partial charge >= 0.3 is 0 Å². The molecule has 0 saturated carbocycles. The molecule has 0 spiro atoms. The molecule has 0 radical (unpaired) electrons. The van der Waals surface area contributed by atoms with Crippen LogP contribution in [0.3, 0.4) is 0 Å². The molecule has 0 aromatic rings. The van der Waals surface area contributed by atoms with Crippen molar-refractivity contribution in [3.63, 3.8) is 0 Å². The highest BCUT2D eigenvalue weighted by Gasteiger charge is 2.21. The molecule has 1 saturated heterocycles. The summed E-state index contributed by atoms with van der Waals surface area (Å²) >= 11 is 0. The zero-order valence-corrected chi connectivity index (χ0v) is 6.53. The summed E-state index contributed by atoms with van der Waals surface area (Å²) in [5.41, 5.74) is 0. The van der Waals surface area contributed by atoms with Crippen LogP contribution in [0.5, 0.6) is 0 Å². The molecule has 0 aromatic carbocycles. The maximum atomic E-state index is 10.1. The van der Waals surface area contributed by atoms with Gasteiger partial charge in [0.05, 0.1) is 6.10 Å². The van der Waals surface area contributed by atoms with Gasteiger partial charge in [-0.05, 0) is 18.8 Å². The number of carbonyl (C=O) groups is 1. The fourth-order valence-corrected chi connectivity index (χ4v) is 1.39. The fourth-order valence-electron chi connectivity index (χ4n) is 1.39. The van der Waals surface area contributed by atoms with Crippen LogP contribution in [0.25, 0.3) is 0 Å². The summed E-state index contributed by atoms with van der Waals surface area (Å²) in [6.45, 7) is 1.45. The van der Waals surface area contributed by atoms with Crippen LogP contribution >= 0.6 is 0 Å². The lowest BCUT2D eigenvalue weighted by molar-refractivity contribution is -0.110. The number of hydrogen-bond donors (Lipinski definition) is 1. The molecular formula is C8H14O3. The monoisotopic (exact) mass is 158 g/mol. The highest BCUT2D eigenvalue weighted by atomic mass is 16.5. The zero-order chi connectivity index (χ0) is 8.10. The molecule has 3 heteroatoms. The van der Waals surface area contributed by atoms with E-state index in [1.54, 1.807) is 0 Å². The van der Waals surface area contributed by atoms with Crippen LogP contribution in [0.2, 0.25) is 0 Å². The third-order valence-electron chi connectivity index (χ3n) is 2.15. The van der Waals surface area contributed by atoms with E-state index in [2.05, 4.69) is 0 Å². The molecule has 1 fully saturated rings. The molecule has 1 aliphatic rings. The molecule has 1 unspecified atom stereocenters. The topological polar surface area (TPSA) is 46.5 Å². The van der Waals surface area contributed by atoms with E-state index < -0.39 is 6.10 Å². The average Bonchev–Trinajstić information content (AvgIpc) is 2.07. The SMILES string of the molecule is O=CCC(O)C1CCOCC1. The Hall–Kier alpha value is -0.410. The van der Waals surface area contributed by atoms with E-state index in [0.717, 1.165) is 32.3 Å². The quantitative estimate of drug-likeness (QED) is 0.603. The molecule has 1 heterocycles. The minimum absolute atomic E-state index is 0.269. The molecule has 1 atom stereocenters.